The van der Waals surface area contributed by atoms with Crippen LogP contribution in [0.2, 0.25) is 0 Å². The molecule has 0 unspecified atom stereocenters. The van der Waals surface area contributed by atoms with E-state index < -0.39 is 17.4 Å². The third-order valence-corrected chi connectivity index (χ3v) is 7.81. The highest BCUT2D eigenvalue weighted by molar-refractivity contribution is 6.01. The highest BCUT2D eigenvalue weighted by Crippen LogP contribution is 2.38. The molecule has 0 atom stereocenters. The van der Waals surface area contributed by atoms with Crippen molar-refractivity contribution in [2.24, 2.45) is 7.05 Å². The van der Waals surface area contributed by atoms with Crippen LogP contribution in [0.1, 0.15) is 36.3 Å². The fourth-order valence-electron chi connectivity index (χ4n) is 5.40. The Morgan fingerprint density at radius 2 is 1.76 bits per heavy atom. The number of benzene rings is 2. The van der Waals surface area contributed by atoms with Gasteiger partial charge in [0.15, 0.2) is 23.1 Å². The number of aromatic nitrogens is 5. The van der Waals surface area contributed by atoms with Gasteiger partial charge >= 0.3 is 5.69 Å². The van der Waals surface area contributed by atoms with Crippen LogP contribution in [0.15, 0.2) is 71.9 Å². The highest BCUT2D eigenvalue weighted by Gasteiger charge is 2.20. The molecule has 1 amide bonds. The molecule has 13 heteroatoms. The number of ether oxygens (including phenoxy) is 3. The van der Waals surface area contributed by atoms with Crippen LogP contribution in [0, 0.1) is 5.82 Å². The Hall–Kier alpha value is -5.30. The predicted octanol–water partition coefficient (Wildman–Crippen LogP) is 4.96. The largest absolute Gasteiger partial charge is 0.493 e. The van der Waals surface area contributed by atoms with Crippen LogP contribution in [0.25, 0.3) is 16.6 Å². The van der Waals surface area contributed by atoms with Gasteiger partial charge in [-0.2, -0.15) is 4.68 Å². The number of piperidine rings is 1. The number of likely N-dealkylation sites (tertiary alicyclic amines) is 1. The number of halogens is 1. The molecule has 12 nitrogen and oxygen atoms in total. The van der Waals surface area contributed by atoms with Gasteiger partial charge in [-0.25, -0.2) is 9.18 Å². The first-order valence-corrected chi connectivity index (χ1v) is 15.1. The summed E-state index contributed by atoms with van der Waals surface area (Å²) in [5.41, 5.74) is 0.698. The van der Waals surface area contributed by atoms with Crippen molar-refractivity contribution in [2.45, 2.75) is 25.7 Å². The van der Waals surface area contributed by atoms with Gasteiger partial charge in [0, 0.05) is 55.4 Å². The second-order valence-electron chi connectivity index (χ2n) is 10.9. The van der Waals surface area contributed by atoms with E-state index in [1.165, 1.54) is 50.8 Å². The summed E-state index contributed by atoms with van der Waals surface area (Å²) >= 11 is 0. The number of hydrogen-bond donors (Lipinski definition) is 1. The molecule has 238 valence electrons. The van der Waals surface area contributed by atoms with Gasteiger partial charge < -0.3 is 24.4 Å². The van der Waals surface area contributed by atoms with Crippen molar-refractivity contribution in [1.29, 1.82) is 0 Å². The molecule has 3 aromatic heterocycles. The lowest BCUT2D eigenvalue weighted by Crippen LogP contribution is -2.31. The van der Waals surface area contributed by atoms with E-state index in [1.54, 1.807) is 43.6 Å². The van der Waals surface area contributed by atoms with E-state index in [4.69, 9.17) is 14.2 Å². The number of fused-ring (bicyclic) bond motifs is 1. The summed E-state index contributed by atoms with van der Waals surface area (Å²) in [6, 6.07) is 12.4. The summed E-state index contributed by atoms with van der Waals surface area (Å²) in [6.07, 6.45) is 9.32. The van der Waals surface area contributed by atoms with Crippen LogP contribution in [-0.2, 0) is 7.05 Å². The number of rotatable bonds is 11. The Morgan fingerprint density at radius 3 is 2.52 bits per heavy atom. The van der Waals surface area contributed by atoms with E-state index in [-0.39, 0.29) is 17.3 Å². The molecule has 0 bridgehead atoms. The number of carbonyl (C=O) groups excluding carboxylic acids is 1. The van der Waals surface area contributed by atoms with Crippen molar-refractivity contribution in [3.05, 3.63) is 89.2 Å². The molecule has 1 fully saturated rings. The number of carbonyl (C=O) groups is 1. The lowest BCUT2D eigenvalue weighted by atomic mass is 10.1. The summed E-state index contributed by atoms with van der Waals surface area (Å²) in [4.78, 5) is 36.5. The molecule has 0 radical (unpaired) electrons. The van der Waals surface area contributed by atoms with Gasteiger partial charge in [-0.1, -0.05) is 6.42 Å². The lowest BCUT2D eigenvalue weighted by Gasteiger charge is -2.26. The van der Waals surface area contributed by atoms with Crippen LogP contribution >= 0.6 is 0 Å². The van der Waals surface area contributed by atoms with Gasteiger partial charge in [0.05, 0.1) is 24.9 Å². The van der Waals surface area contributed by atoms with Crippen LogP contribution in [0.5, 0.6) is 23.0 Å². The summed E-state index contributed by atoms with van der Waals surface area (Å²) in [7, 11) is 2.99. The molecule has 1 aliphatic rings. The SMILES string of the molecule is COc1cc2c(Oc3ccc(NC(=O)c4nn(-c5ccncc5)c(=O)n4C)cc3F)ccnc2cc1OCCCN1CCCCC1. The van der Waals surface area contributed by atoms with E-state index in [1.807, 2.05) is 0 Å². The zero-order valence-corrected chi connectivity index (χ0v) is 25.6. The van der Waals surface area contributed by atoms with E-state index in [0.29, 0.717) is 40.4 Å². The van der Waals surface area contributed by atoms with Crippen LogP contribution in [0.3, 0.4) is 0 Å². The number of methoxy groups -OCH3 is 1. The maximum atomic E-state index is 15.3. The van der Waals surface area contributed by atoms with Gasteiger partial charge in [-0.3, -0.25) is 19.3 Å². The van der Waals surface area contributed by atoms with E-state index in [2.05, 4.69) is 25.3 Å². The number of nitrogens with zero attached hydrogens (tertiary/aromatic N) is 6. The minimum Gasteiger partial charge on any atom is -0.493 e. The number of anilines is 1. The van der Waals surface area contributed by atoms with E-state index in [0.717, 1.165) is 41.4 Å². The second-order valence-corrected chi connectivity index (χ2v) is 10.9. The van der Waals surface area contributed by atoms with Gasteiger partial charge in [0.1, 0.15) is 5.75 Å². The fourth-order valence-corrected chi connectivity index (χ4v) is 5.40. The van der Waals surface area contributed by atoms with Crippen molar-refractivity contribution in [1.82, 2.24) is 29.2 Å². The molecular formula is C33H34FN7O5. The van der Waals surface area contributed by atoms with Crippen molar-refractivity contribution in [2.75, 3.05) is 38.7 Å². The highest BCUT2D eigenvalue weighted by atomic mass is 19.1. The number of hydrogen-bond acceptors (Lipinski definition) is 9. The molecule has 1 N–H and O–H groups in total. The molecule has 46 heavy (non-hydrogen) atoms. The van der Waals surface area contributed by atoms with Gasteiger partial charge in [-0.15, -0.1) is 5.10 Å². The molecule has 5 aromatic rings. The Balaban J connectivity index is 1.14. The van der Waals surface area contributed by atoms with Crippen molar-refractivity contribution in [3.63, 3.8) is 0 Å². The standard InChI is InChI=1S/C33H34FN7O5/c1-39-31(38-41(33(39)43)23-9-12-35-13-10-23)32(42)37-22-7-8-28(25(34)19-22)46-27-11-14-36-26-21-30(29(44-2)20-24(26)27)45-18-6-17-40-15-4-3-5-16-40/h7-14,19-21H,3-6,15-18H2,1-2H3,(H,37,42). The monoisotopic (exact) mass is 627 g/mol. The van der Waals surface area contributed by atoms with Crippen LogP contribution in [0.4, 0.5) is 10.1 Å². The number of pyridine rings is 2. The maximum absolute atomic E-state index is 15.3. The molecule has 0 aliphatic carbocycles. The molecule has 2 aromatic carbocycles. The normalized spacial score (nSPS) is 13.5. The van der Waals surface area contributed by atoms with E-state index in [9.17, 15) is 9.59 Å². The maximum Gasteiger partial charge on any atom is 0.350 e. The summed E-state index contributed by atoms with van der Waals surface area (Å²) in [6.45, 7) is 3.83. The molecule has 4 heterocycles. The summed E-state index contributed by atoms with van der Waals surface area (Å²) in [5.74, 6) is -0.138. The molecule has 1 saturated heterocycles. The van der Waals surface area contributed by atoms with Crippen molar-refractivity contribution >= 4 is 22.5 Å². The first kappa shape index (κ1) is 30.7. The van der Waals surface area contributed by atoms with Gasteiger partial charge in [0.25, 0.3) is 5.91 Å². The Kier molecular flexibility index (Phi) is 9.20. The molecular weight excluding hydrogens is 593 g/mol. The van der Waals surface area contributed by atoms with Gasteiger partial charge in [-0.05, 0) is 68.8 Å². The van der Waals surface area contributed by atoms with Crippen LogP contribution in [-0.4, -0.2) is 68.5 Å². The average molecular weight is 628 g/mol. The molecule has 1 aliphatic heterocycles. The first-order valence-electron chi connectivity index (χ1n) is 15.1. The predicted molar refractivity (Wildman–Crippen MR) is 170 cm³/mol. The topological polar surface area (TPSA) is 126 Å². The van der Waals surface area contributed by atoms with Crippen LogP contribution < -0.4 is 25.2 Å². The van der Waals surface area contributed by atoms with Crippen molar-refractivity contribution < 1.29 is 23.4 Å². The third kappa shape index (κ3) is 6.69. The third-order valence-electron chi connectivity index (χ3n) is 7.81. The van der Waals surface area contributed by atoms with Crippen molar-refractivity contribution in [3.8, 4) is 28.7 Å². The molecule has 0 spiro atoms. The molecule has 6 rings (SSSR count). The van der Waals surface area contributed by atoms with Gasteiger partial charge in [0.2, 0.25) is 5.82 Å². The zero-order valence-electron chi connectivity index (χ0n) is 25.6. The fraction of sp³-hybridized carbons (Fsp3) is 0.303. The smallest absolute Gasteiger partial charge is 0.350 e. The zero-order chi connectivity index (χ0) is 32.0. The number of amides is 1. The molecule has 0 saturated carbocycles. The summed E-state index contributed by atoms with van der Waals surface area (Å²) < 4.78 is 35.1. The second kappa shape index (κ2) is 13.8. The first-order chi connectivity index (χ1) is 22.4. The minimum atomic E-state index is -0.709. The Labute approximate surface area is 264 Å². The quantitative estimate of drug-likeness (QED) is 0.202. The summed E-state index contributed by atoms with van der Waals surface area (Å²) in [5, 5.41) is 7.34. The lowest BCUT2D eigenvalue weighted by molar-refractivity contribution is 0.101. The van der Waals surface area contributed by atoms with E-state index >= 15 is 4.39 Å². The Morgan fingerprint density at radius 1 is 0.957 bits per heavy atom. The number of nitrogens with one attached hydrogen (secondary N) is 1. The average Bonchev–Trinajstić information content (AvgIpc) is 3.38. The Bertz CT molecular complexity index is 1900. The minimum absolute atomic E-state index is 0.0585.